The number of rotatable bonds is 4. The molecule has 0 atom stereocenters. The molecule has 2 aliphatic heterocycles. The topological polar surface area (TPSA) is 42.6 Å². The summed E-state index contributed by atoms with van der Waals surface area (Å²) < 4.78 is 0. The van der Waals surface area contributed by atoms with Crippen molar-refractivity contribution in [2.75, 3.05) is 39.3 Å². The lowest BCUT2D eigenvalue weighted by Crippen LogP contribution is -2.46. The van der Waals surface area contributed by atoms with Gasteiger partial charge in [-0.2, -0.15) is 0 Å². The van der Waals surface area contributed by atoms with Gasteiger partial charge >= 0.3 is 0 Å². The van der Waals surface area contributed by atoms with E-state index in [1.165, 1.54) is 43.3 Å². The Balaban J connectivity index is 1.27. The molecule has 3 heterocycles. The molecule has 0 radical (unpaired) electrons. The van der Waals surface area contributed by atoms with Crippen LogP contribution in [0.2, 0.25) is 0 Å². The first kappa shape index (κ1) is 17.3. The maximum absolute atomic E-state index is 12.8. The molecule has 1 amide bonds. The third kappa shape index (κ3) is 3.63. The van der Waals surface area contributed by atoms with Crippen LogP contribution in [0.5, 0.6) is 0 Å². The zero-order valence-corrected chi connectivity index (χ0v) is 16.1. The predicted molar refractivity (Wildman–Crippen MR) is 108 cm³/mol. The zero-order valence-electron chi connectivity index (χ0n) is 16.1. The van der Waals surface area contributed by atoms with Crippen LogP contribution < -0.4 is 0 Å². The molecule has 5 rings (SSSR count). The second-order valence-corrected chi connectivity index (χ2v) is 8.47. The van der Waals surface area contributed by atoms with Gasteiger partial charge in [0.1, 0.15) is 0 Å². The summed E-state index contributed by atoms with van der Waals surface area (Å²) in [6.07, 6.45) is 8.45. The van der Waals surface area contributed by atoms with Gasteiger partial charge in [0, 0.05) is 74.5 Å². The lowest BCUT2D eigenvalue weighted by Gasteiger charge is -2.34. The second kappa shape index (κ2) is 7.28. The second-order valence-electron chi connectivity index (χ2n) is 8.47. The van der Waals surface area contributed by atoms with Crippen molar-refractivity contribution in [2.24, 2.45) is 0 Å². The Bertz CT molecular complexity index is 811. The van der Waals surface area contributed by atoms with E-state index in [1.54, 1.807) is 0 Å². The highest BCUT2D eigenvalue weighted by Crippen LogP contribution is 2.28. The van der Waals surface area contributed by atoms with Gasteiger partial charge < -0.3 is 9.88 Å². The number of nitrogens with one attached hydrogen (secondary N) is 1. The van der Waals surface area contributed by atoms with E-state index in [9.17, 15) is 4.79 Å². The normalized spacial score (nSPS) is 22.4. The van der Waals surface area contributed by atoms with Crippen molar-refractivity contribution in [1.82, 2.24) is 19.7 Å². The fraction of sp³-hybridized carbons (Fsp3) is 0.591. The number of piperidine rings is 1. The van der Waals surface area contributed by atoms with Crippen LogP contribution in [0.25, 0.3) is 10.9 Å². The van der Waals surface area contributed by atoms with Crippen LogP contribution in [-0.4, -0.2) is 70.9 Å². The van der Waals surface area contributed by atoms with E-state index in [4.69, 9.17) is 0 Å². The van der Waals surface area contributed by atoms with Crippen LogP contribution in [0.3, 0.4) is 0 Å². The van der Waals surface area contributed by atoms with Crippen molar-refractivity contribution in [2.45, 2.75) is 44.7 Å². The van der Waals surface area contributed by atoms with Crippen molar-refractivity contribution in [3.63, 3.8) is 0 Å². The summed E-state index contributed by atoms with van der Waals surface area (Å²) in [5, 5.41) is 1.26. The number of H-pyrrole nitrogens is 1. The molecule has 144 valence electrons. The number of likely N-dealkylation sites (tertiary alicyclic amines) is 1. The van der Waals surface area contributed by atoms with Gasteiger partial charge in [-0.3, -0.25) is 14.6 Å². The largest absolute Gasteiger partial charge is 0.361 e. The van der Waals surface area contributed by atoms with Crippen LogP contribution >= 0.6 is 0 Å². The SMILES string of the molecule is O=C(c1ccc2c(CN3CCN(C4CC4)CC3)c[nH]c2c1)N1CCCCC1. The van der Waals surface area contributed by atoms with Gasteiger partial charge in [-0.05, 0) is 49.8 Å². The Morgan fingerprint density at radius 2 is 1.78 bits per heavy atom. The number of aromatic nitrogens is 1. The number of carbonyl (C=O) groups excluding carboxylic acids is 1. The van der Waals surface area contributed by atoms with Crippen molar-refractivity contribution < 1.29 is 4.79 Å². The van der Waals surface area contributed by atoms with Crippen LogP contribution in [0, 0.1) is 0 Å². The number of hydrogen-bond acceptors (Lipinski definition) is 3. The number of aromatic amines is 1. The Hall–Kier alpha value is -1.85. The average molecular weight is 367 g/mol. The molecular formula is C22H30N4O. The first-order valence-electron chi connectivity index (χ1n) is 10.6. The molecule has 1 aliphatic carbocycles. The van der Waals surface area contributed by atoms with E-state index >= 15 is 0 Å². The minimum Gasteiger partial charge on any atom is -0.361 e. The summed E-state index contributed by atoms with van der Waals surface area (Å²) >= 11 is 0. The lowest BCUT2D eigenvalue weighted by molar-refractivity contribution is 0.0724. The zero-order chi connectivity index (χ0) is 18.2. The molecule has 2 aromatic rings. The van der Waals surface area contributed by atoms with E-state index in [0.717, 1.165) is 62.7 Å². The summed E-state index contributed by atoms with van der Waals surface area (Å²) in [6.45, 7) is 7.55. The number of amides is 1. The van der Waals surface area contributed by atoms with Gasteiger partial charge in [0.15, 0.2) is 0 Å². The highest BCUT2D eigenvalue weighted by Gasteiger charge is 2.31. The van der Waals surface area contributed by atoms with Crippen LogP contribution in [0.15, 0.2) is 24.4 Å². The number of hydrogen-bond donors (Lipinski definition) is 1. The highest BCUT2D eigenvalue weighted by atomic mass is 16.2. The predicted octanol–water partition coefficient (Wildman–Crippen LogP) is 3.07. The fourth-order valence-corrected chi connectivity index (χ4v) is 4.70. The van der Waals surface area contributed by atoms with Gasteiger partial charge in [0.05, 0.1) is 0 Å². The van der Waals surface area contributed by atoms with Crippen molar-refractivity contribution in [3.8, 4) is 0 Å². The Morgan fingerprint density at radius 3 is 2.52 bits per heavy atom. The third-order valence-electron chi connectivity index (χ3n) is 6.52. The monoisotopic (exact) mass is 366 g/mol. The summed E-state index contributed by atoms with van der Waals surface area (Å²) in [5.41, 5.74) is 3.25. The number of carbonyl (C=O) groups is 1. The summed E-state index contributed by atoms with van der Waals surface area (Å²) in [5.74, 6) is 0.184. The Kier molecular flexibility index (Phi) is 4.66. The molecule has 5 heteroatoms. The first-order valence-corrected chi connectivity index (χ1v) is 10.6. The van der Waals surface area contributed by atoms with Crippen molar-refractivity contribution in [1.29, 1.82) is 0 Å². The molecular weight excluding hydrogens is 336 g/mol. The molecule has 0 unspecified atom stereocenters. The van der Waals surface area contributed by atoms with E-state index in [2.05, 4.69) is 27.0 Å². The number of piperazine rings is 1. The maximum Gasteiger partial charge on any atom is 0.253 e. The molecule has 1 saturated carbocycles. The van der Waals surface area contributed by atoms with E-state index < -0.39 is 0 Å². The molecule has 0 bridgehead atoms. The smallest absolute Gasteiger partial charge is 0.253 e. The van der Waals surface area contributed by atoms with Crippen LogP contribution in [-0.2, 0) is 6.54 Å². The van der Waals surface area contributed by atoms with Gasteiger partial charge in [0.25, 0.3) is 5.91 Å². The molecule has 27 heavy (non-hydrogen) atoms. The average Bonchev–Trinajstić information content (AvgIpc) is 3.50. The molecule has 1 aromatic heterocycles. The van der Waals surface area contributed by atoms with Gasteiger partial charge in [-0.25, -0.2) is 0 Å². The summed E-state index contributed by atoms with van der Waals surface area (Å²) in [4.78, 5) is 23.4. The minimum absolute atomic E-state index is 0.184. The lowest BCUT2D eigenvalue weighted by atomic mass is 10.1. The molecule has 3 fully saturated rings. The third-order valence-corrected chi connectivity index (χ3v) is 6.52. The molecule has 1 aromatic carbocycles. The number of fused-ring (bicyclic) bond motifs is 1. The fourth-order valence-electron chi connectivity index (χ4n) is 4.70. The van der Waals surface area contributed by atoms with Crippen LogP contribution in [0.4, 0.5) is 0 Å². The van der Waals surface area contributed by atoms with Crippen molar-refractivity contribution >= 4 is 16.8 Å². The highest BCUT2D eigenvalue weighted by molar-refractivity contribution is 5.98. The van der Waals surface area contributed by atoms with Crippen molar-refractivity contribution in [3.05, 3.63) is 35.5 Å². The van der Waals surface area contributed by atoms with Gasteiger partial charge in [0.2, 0.25) is 0 Å². The summed E-state index contributed by atoms with van der Waals surface area (Å²) in [6, 6.07) is 7.08. The quantitative estimate of drug-likeness (QED) is 0.904. The Labute approximate surface area is 161 Å². The van der Waals surface area contributed by atoms with E-state index in [0.29, 0.717) is 0 Å². The summed E-state index contributed by atoms with van der Waals surface area (Å²) in [7, 11) is 0. The van der Waals surface area contributed by atoms with E-state index in [1.807, 2.05) is 17.0 Å². The van der Waals surface area contributed by atoms with Gasteiger partial charge in [-0.15, -0.1) is 0 Å². The standard InChI is InChI=1S/C22H30N4O/c27-22(26-8-2-1-3-9-26)17-4-7-20-18(15-23-21(20)14-17)16-24-10-12-25(13-11-24)19-5-6-19/h4,7,14-15,19,23H,1-3,5-6,8-13,16H2. The first-order chi connectivity index (χ1) is 13.3. The van der Waals surface area contributed by atoms with E-state index in [-0.39, 0.29) is 5.91 Å². The molecule has 1 N–H and O–H groups in total. The molecule has 0 spiro atoms. The molecule has 5 nitrogen and oxygen atoms in total. The van der Waals surface area contributed by atoms with Gasteiger partial charge in [-0.1, -0.05) is 6.07 Å². The van der Waals surface area contributed by atoms with Crippen LogP contribution in [0.1, 0.15) is 48.0 Å². The minimum atomic E-state index is 0.184. The molecule has 3 aliphatic rings. The Morgan fingerprint density at radius 1 is 1.00 bits per heavy atom. The number of benzene rings is 1. The maximum atomic E-state index is 12.8. The molecule has 2 saturated heterocycles. The number of nitrogens with zero attached hydrogens (tertiary/aromatic N) is 3.